The fourth-order valence-corrected chi connectivity index (χ4v) is 3.45. The van der Waals surface area contributed by atoms with Crippen LogP contribution in [0.5, 0.6) is 0 Å². The Morgan fingerprint density at radius 2 is 1.95 bits per heavy atom. The molecule has 0 fully saturated rings. The average Bonchev–Trinajstić information content (AvgIpc) is 3.02. The molecule has 2 aromatic rings. The van der Waals surface area contributed by atoms with Crippen LogP contribution in [0, 0.1) is 5.92 Å². The van der Waals surface area contributed by atoms with Gasteiger partial charge < -0.3 is 9.88 Å². The van der Waals surface area contributed by atoms with Gasteiger partial charge >= 0.3 is 0 Å². The molecule has 2 heterocycles. The standard InChI is InChI=1S/C16H13N3OS/c1-19-8-4-7-11(19)14-12-13(17-16(21)18-14)9-5-2-3-6-10(9)15(12)20/h2-8,12,14H,1H3,(H,18,21). The van der Waals surface area contributed by atoms with Crippen LogP contribution in [0.15, 0.2) is 47.6 Å². The van der Waals surface area contributed by atoms with Gasteiger partial charge in [0.05, 0.1) is 17.7 Å². The van der Waals surface area contributed by atoms with E-state index in [9.17, 15) is 4.79 Å². The normalized spacial score (nSPS) is 23.4. The molecule has 0 amide bonds. The van der Waals surface area contributed by atoms with Crippen molar-refractivity contribution in [3.63, 3.8) is 0 Å². The largest absolute Gasteiger partial charge is 0.353 e. The smallest absolute Gasteiger partial charge is 0.193 e. The number of carbonyl (C=O) groups is 1. The van der Waals surface area contributed by atoms with Crippen LogP contribution >= 0.6 is 12.2 Å². The molecule has 0 saturated carbocycles. The third-order valence-electron chi connectivity index (χ3n) is 4.18. The molecule has 4 nitrogen and oxygen atoms in total. The van der Waals surface area contributed by atoms with Gasteiger partial charge in [-0.3, -0.25) is 4.79 Å². The molecule has 21 heavy (non-hydrogen) atoms. The van der Waals surface area contributed by atoms with Crippen molar-refractivity contribution < 1.29 is 4.79 Å². The molecule has 104 valence electrons. The SMILES string of the molecule is Cn1cccc1C1NC(=S)N=C2c3ccccc3C(=O)C21. The summed E-state index contributed by atoms with van der Waals surface area (Å²) >= 11 is 5.27. The number of benzene rings is 1. The molecule has 2 unspecified atom stereocenters. The van der Waals surface area contributed by atoms with E-state index in [1.807, 2.05) is 54.2 Å². The molecular formula is C16H13N3OS. The number of aromatic nitrogens is 1. The van der Waals surface area contributed by atoms with Crippen molar-refractivity contribution in [2.24, 2.45) is 18.0 Å². The van der Waals surface area contributed by atoms with E-state index in [1.54, 1.807) is 0 Å². The van der Waals surface area contributed by atoms with E-state index in [1.165, 1.54) is 0 Å². The minimum absolute atomic E-state index is 0.116. The van der Waals surface area contributed by atoms with Gasteiger partial charge in [0, 0.05) is 30.1 Å². The van der Waals surface area contributed by atoms with Gasteiger partial charge in [0.15, 0.2) is 10.9 Å². The van der Waals surface area contributed by atoms with Crippen molar-refractivity contribution in [2.45, 2.75) is 6.04 Å². The van der Waals surface area contributed by atoms with E-state index in [-0.39, 0.29) is 17.7 Å². The number of hydrogen-bond donors (Lipinski definition) is 1. The Morgan fingerprint density at radius 1 is 1.19 bits per heavy atom. The highest BCUT2D eigenvalue weighted by Crippen LogP contribution is 2.38. The number of thiocarbonyl (C=S) groups is 1. The summed E-state index contributed by atoms with van der Waals surface area (Å²) < 4.78 is 2.01. The number of nitrogens with one attached hydrogen (secondary N) is 1. The van der Waals surface area contributed by atoms with Crippen molar-refractivity contribution in [3.8, 4) is 0 Å². The van der Waals surface area contributed by atoms with Crippen LogP contribution in [0.3, 0.4) is 0 Å². The van der Waals surface area contributed by atoms with Crippen LogP contribution in [0.2, 0.25) is 0 Å². The zero-order valence-electron chi connectivity index (χ0n) is 11.4. The summed E-state index contributed by atoms with van der Waals surface area (Å²) in [4.78, 5) is 17.2. The molecular weight excluding hydrogens is 282 g/mol. The Balaban J connectivity index is 1.90. The molecule has 1 aromatic heterocycles. The minimum Gasteiger partial charge on any atom is -0.353 e. The highest BCUT2D eigenvalue weighted by Gasteiger charge is 2.45. The van der Waals surface area contributed by atoms with Gasteiger partial charge in [-0.25, -0.2) is 4.99 Å². The van der Waals surface area contributed by atoms with Gasteiger partial charge in [0.25, 0.3) is 0 Å². The zero-order chi connectivity index (χ0) is 14.6. The molecule has 0 spiro atoms. The second kappa shape index (κ2) is 4.36. The molecule has 1 aliphatic heterocycles. The lowest BCUT2D eigenvalue weighted by molar-refractivity contribution is 0.0943. The van der Waals surface area contributed by atoms with Gasteiger partial charge in [0.1, 0.15) is 0 Å². The van der Waals surface area contributed by atoms with E-state index >= 15 is 0 Å². The van der Waals surface area contributed by atoms with Gasteiger partial charge in [-0.2, -0.15) is 0 Å². The monoisotopic (exact) mass is 295 g/mol. The first-order valence-corrected chi connectivity index (χ1v) is 7.21. The zero-order valence-corrected chi connectivity index (χ0v) is 12.2. The summed E-state index contributed by atoms with van der Waals surface area (Å²) in [5.41, 5.74) is 3.49. The van der Waals surface area contributed by atoms with Crippen LogP contribution in [-0.2, 0) is 7.05 Å². The maximum atomic E-state index is 12.8. The number of Topliss-reactive ketones (excluding diaryl/α,β-unsaturated/α-hetero) is 1. The van der Waals surface area contributed by atoms with E-state index < -0.39 is 0 Å². The Kier molecular flexibility index (Phi) is 2.59. The number of rotatable bonds is 1. The van der Waals surface area contributed by atoms with E-state index in [2.05, 4.69) is 10.3 Å². The molecule has 0 bridgehead atoms. The molecule has 0 saturated heterocycles. The van der Waals surface area contributed by atoms with Crippen molar-refractivity contribution >= 4 is 28.8 Å². The first kappa shape index (κ1) is 12.5. The van der Waals surface area contributed by atoms with Gasteiger partial charge in [0.2, 0.25) is 0 Å². The summed E-state index contributed by atoms with van der Waals surface area (Å²) in [6.07, 6.45) is 1.97. The molecule has 2 aliphatic rings. The molecule has 1 N–H and O–H groups in total. The molecule has 1 aromatic carbocycles. The predicted octanol–water partition coefficient (Wildman–Crippen LogP) is 2.26. The van der Waals surface area contributed by atoms with E-state index in [4.69, 9.17) is 12.2 Å². The first-order chi connectivity index (χ1) is 10.2. The highest BCUT2D eigenvalue weighted by molar-refractivity contribution is 7.80. The van der Waals surface area contributed by atoms with E-state index in [0.29, 0.717) is 5.11 Å². The topological polar surface area (TPSA) is 46.4 Å². The van der Waals surface area contributed by atoms with Crippen molar-refractivity contribution in [2.75, 3.05) is 0 Å². The van der Waals surface area contributed by atoms with Gasteiger partial charge in [-0.1, -0.05) is 24.3 Å². The van der Waals surface area contributed by atoms with Crippen LogP contribution in [0.4, 0.5) is 0 Å². The molecule has 0 radical (unpaired) electrons. The van der Waals surface area contributed by atoms with Gasteiger partial charge in [-0.05, 0) is 24.4 Å². The second-order valence-corrected chi connectivity index (χ2v) is 5.74. The molecule has 2 atom stereocenters. The Labute approximate surface area is 127 Å². The number of ketones is 1. The lowest BCUT2D eigenvalue weighted by atomic mass is 9.90. The molecule has 4 rings (SSSR count). The number of fused-ring (bicyclic) bond motifs is 3. The lowest BCUT2D eigenvalue weighted by Gasteiger charge is -2.29. The highest BCUT2D eigenvalue weighted by atomic mass is 32.1. The van der Waals surface area contributed by atoms with Crippen molar-refractivity contribution in [1.29, 1.82) is 0 Å². The number of carbonyl (C=O) groups excluding carboxylic acids is 1. The maximum absolute atomic E-state index is 12.8. The van der Waals surface area contributed by atoms with Crippen molar-refractivity contribution in [1.82, 2.24) is 9.88 Å². The number of aliphatic imine (C=N–C) groups is 1. The summed E-state index contributed by atoms with van der Waals surface area (Å²) in [6, 6.07) is 11.4. The van der Waals surface area contributed by atoms with Crippen LogP contribution in [0.1, 0.15) is 27.7 Å². The predicted molar refractivity (Wildman–Crippen MR) is 84.7 cm³/mol. The fraction of sp³-hybridized carbons (Fsp3) is 0.188. The average molecular weight is 295 g/mol. The lowest BCUT2D eigenvalue weighted by Crippen LogP contribution is -2.42. The number of nitrogens with zero attached hydrogens (tertiary/aromatic N) is 2. The Morgan fingerprint density at radius 3 is 2.67 bits per heavy atom. The van der Waals surface area contributed by atoms with E-state index in [0.717, 1.165) is 22.5 Å². The summed E-state index contributed by atoms with van der Waals surface area (Å²) in [7, 11) is 1.97. The van der Waals surface area contributed by atoms with Crippen LogP contribution < -0.4 is 5.32 Å². The molecule has 1 aliphatic carbocycles. The molecule has 5 heteroatoms. The summed E-state index contributed by atoms with van der Waals surface area (Å²) in [5, 5.41) is 3.64. The Bertz CT molecular complexity index is 805. The summed E-state index contributed by atoms with van der Waals surface area (Å²) in [5.74, 6) is -0.187. The van der Waals surface area contributed by atoms with Gasteiger partial charge in [-0.15, -0.1) is 0 Å². The number of hydrogen-bond acceptors (Lipinski definition) is 2. The number of aryl methyl sites for hydroxylation is 1. The summed E-state index contributed by atoms with van der Waals surface area (Å²) in [6.45, 7) is 0. The fourth-order valence-electron chi connectivity index (χ4n) is 3.22. The van der Waals surface area contributed by atoms with Crippen LogP contribution in [0.25, 0.3) is 0 Å². The Hall–Kier alpha value is -2.27. The minimum atomic E-state index is -0.303. The second-order valence-electron chi connectivity index (χ2n) is 5.36. The quantitative estimate of drug-likeness (QED) is 0.821. The van der Waals surface area contributed by atoms with Crippen molar-refractivity contribution in [3.05, 3.63) is 59.4 Å². The maximum Gasteiger partial charge on any atom is 0.193 e. The van der Waals surface area contributed by atoms with Crippen LogP contribution in [-0.4, -0.2) is 21.2 Å². The first-order valence-electron chi connectivity index (χ1n) is 6.81. The third-order valence-corrected chi connectivity index (χ3v) is 4.39. The third kappa shape index (κ3) is 1.70.